The highest BCUT2D eigenvalue weighted by molar-refractivity contribution is 9.09. The van der Waals surface area contributed by atoms with Gasteiger partial charge in [0.15, 0.2) is 0 Å². The zero-order chi connectivity index (χ0) is 8.81. The highest BCUT2D eigenvalue weighted by Gasteiger charge is 2.05. The number of hydrogen-bond acceptors (Lipinski definition) is 1. The third-order valence-electron chi connectivity index (χ3n) is 1.52. The van der Waals surface area contributed by atoms with Gasteiger partial charge in [0.2, 0.25) is 0 Å². The molecular weight excluding hydrogens is 218 g/mol. The Bertz CT molecular complexity index is 280. The van der Waals surface area contributed by atoms with E-state index in [0.717, 1.165) is 5.56 Å². The molecule has 4 heteroatoms. The Kier molecular flexibility index (Phi) is 3.64. The molecule has 0 unspecified atom stereocenters. The summed E-state index contributed by atoms with van der Waals surface area (Å²) in [6, 6.07) is 9.58. The molecule has 0 spiro atoms. The molecule has 12 heavy (non-hydrogen) atoms. The van der Waals surface area contributed by atoms with Gasteiger partial charge in [-0.3, -0.25) is 0 Å². The molecule has 1 aromatic rings. The fourth-order valence-corrected chi connectivity index (χ4v) is 1.43. The molecule has 1 rings (SSSR count). The molecular formula is C8H8BrN3. The number of rotatable bonds is 3. The van der Waals surface area contributed by atoms with E-state index in [2.05, 4.69) is 26.0 Å². The summed E-state index contributed by atoms with van der Waals surface area (Å²) in [5.74, 6) is 0. The van der Waals surface area contributed by atoms with Crippen molar-refractivity contribution in [3.05, 3.63) is 46.3 Å². The Morgan fingerprint density at radius 2 is 2.08 bits per heavy atom. The van der Waals surface area contributed by atoms with Crippen LogP contribution in [0.1, 0.15) is 11.6 Å². The minimum absolute atomic E-state index is 0.101. The molecule has 0 aliphatic carbocycles. The van der Waals surface area contributed by atoms with Gasteiger partial charge in [0.25, 0.3) is 0 Å². The molecule has 0 saturated carbocycles. The summed E-state index contributed by atoms with van der Waals surface area (Å²) in [4.78, 5) is 2.78. The first-order chi connectivity index (χ1) is 5.88. The lowest BCUT2D eigenvalue weighted by atomic mass is 10.1. The van der Waals surface area contributed by atoms with Crippen LogP contribution >= 0.6 is 15.9 Å². The molecule has 0 aliphatic heterocycles. The van der Waals surface area contributed by atoms with Gasteiger partial charge >= 0.3 is 0 Å². The number of alkyl halides is 1. The zero-order valence-corrected chi connectivity index (χ0v) is 7.98. The fraction of sp³-hybridized carbons (Fsp3) is 0.250. The van der Waals surface area contributed by atoms with E-state index in [1.165, 1.54) is 0 Å². The van der Waals surface area contributed by atoms with E-state index >= 15 is 0 Å². The van der Waals surface area contributed by atoms with Crippen LogP contribution in [-0.4, -0.2) is 5.33 Å². The summed E-state index contributed by atoms with van der Waals surface area (Å²) in [6.07, 6.45) is 0. The average Bonchev–Trinajstić information content (AvgIpc) is 2.15. The van der Waals surface area contributed by atoms with Crippen LogP contribution in [0.4, 0.5) is 0 Å². The molecule has 3 nitrogen and oxygen atoms in total. The maximum Gasteiger partial charge on any atom is 0.0722 e. The van der Waals surface area contributed by atoms with Crippen LogP contribution in [-0.2, 0) is 0 Å². The molecule has 0 aromatic heterocycles. The topological polar surface area (TPSA) is 48.8 Å². The maximum atomic E-state index is 8.27. The Morgan fingerprint density at radius 1 is 1.42 bits per heavy atom. The normalized spacial score (nSPS) is 11.8. The predicted molar refractivity (Wildman–Crippen MR) is 52.1 cm³/mol. The van der Waals surface area contributed by atoms with E-state index in [9.17, 15) is 0 Å². The lowest BCUT2D eigenvalue weighted by Gasteiger charge is -2.05. The van der Waals surface area contributed by atoms with Crippen molar-refractivity contribution in [2.75, 3.05) is 5.33 Å². The van der Waals surface area contributed by atoms with Crippen LogP contribution in [0.25, 0.3) is 10.4 Å². The fourth-order valence-electron chi connectivity index (χ4n) is 0.924. The molecule has 1 atom stereocenters. The summed E-state index contributed by atoms with van der Waals surface area (Å²) in [6.45, 7) is 0. The second kappa shape index (κ2) is 4.80. The minimum Gasteiger partial charge on any atom is -0.0920 e. The van der Waals surface area contributed by atoms with E-state index in [1.54, 1.807) is 0 Å². The lowest BCUT2D eigenvalue weighted by molar-refractivity contribution is 0.827. The number of halogens is 1. The molecule has 0 heterocycles. The van der Waals surface area contributed by atoms with Crippen LogP contribution in [0, 0.1) is 0 Å². The molecule has 0 saturated heterocycles. The van der Waals surface area contributed by atoms with Crippen LogP contribution in [0.3, 0.4) is 0 Å². The van der Waals surface area contributed by atoms with Gasteiger partial charge in [-0.1, -0.05) is 51.4 Å². The second-order valence-corrected chi connectivity index (χ2v) is 2.93. The molecule has 0 fully saturated rings. The second-order valence-electron chi connectivity index (χ2n) is 2.29. The summed E-state index contributed by atoms with van der Waals surface area (Å²) < 4.78 is 0. The molecule has 0 N–H and O–H groups in total. The van der Waals surface area contributed by atoms with Gasteiger partial charge in [-0.05, 0) is 11.1 Å². The largest absolute Gasteiger partial charge is 0.0920 e. The molecule has 0 amide bonds. The Balaban J connectivity index is 2.87. The summed E-state index contributed by atoms with van der Waals surface area (Å²) in [5, 5.41) is 4.30. The third kappa shape index (κ3) is 2.26. The lowest BCUT2D eigenvalue weighted by Crippen LogP contribution is -1.94. The van der Waals surface area contributed by atoms with Gasteiger partial charge in [-0.15, -0.1) is 0 Å². The first kappa shape index (κ1) is 9.10. The van der Waals surface area contributed by atoms with Crippen molar-refractivity contribution in [2.24, 2.45) is 5.11 Å². The maximum absolute atomic E-state index is 8.27. The SMILES string of the molecule is [N-]=[N+]=N[C@@H](CBr)c1ccccc1. The van der Waals surface area contributed by atoms with E-state index < -0.39 is 0 Å². The Morgan fingerprint density at radius 3 is 2.58 bits per heavy atom. The predicted octanol–water partition coefficient (Wildman–Crippen LogP) is 3.43. The Hall–Kier alpha value is -0.990. The van der Waals surface area contributed by atoms with Crippen molar-refractivity contribution >= 4 is 15.9 Å². The summed E-state index contributed by atoms with van der Waals surface area (Å²) in [7, 11) is 0. The number of hydrogen-bond donors (Lipinski definition) is 0. The molecule has 62 valence electrons. The van der Waals surface area contributed by atoms with Gasteiger partial charge in [-0.2, -0.15) is 0 Å². The monoisotopic (exact) mass is 225 g/mol. The van der Waals surface area contributed by atoms with E-state index in [1.807, 2.05) is 30.3 Å². The quantitative estimate of drug-likeness (QED) is 0.328. The average molecular weight is 226 g/mol. The standard InChI is InChI=1S/C8H8BrN3/c9-6-8(11-12-10)7-4-2-1-3-5-7/h1-5,8H,6H2/t8-/m0/s1. The number of azide groups is 1. The first-order valence-electron chi connectivity index (χ1n) is 3.53. The summed E-state index contributed by atoms with van der Waals surface area (Å²) in [5.41, 5.74) is 9.30. The van der Waals surface area contributed by atoms with Crippen LogP contribution in [0.5, 0.6) is 0 Å². The zero-order valence-electron chi connectivity index (χ0n) is 6.39. The molecule has 0 aliphatic rings. The van der Waals surface area contributed by atoms with Crippen molar-refractivity contribution in [1.29, 1.82) is 0 Å². The van der Waals surface area contributed by atoms with Gasteiger partial charge < -0.3 is 0 Å². The summed E-state index contributed by atoms with van der Waals surface area (Å²) >= 11 is 3.29. The Labute approximate surface area is 79.2 Å². The van der Waals surface area contributed by atoms with Gasteiger partial charge in [0.05, 0.1) is 6.04 Å². The van der Waals surface area contributed by atoms with E-state index in [-0.39, 0.29) is 6.04 Å². The minimum atomic E-state index is -0.101. The van der Waals surface area contributed by atoms with Gasteiger partial charge in [0.1, 0.15) is 0 Å². The smallest absolute Gasteiger partial charge is 0.0722 e. The van der Waals surface area contributed by atoms with E-state index in [0.29, 0.717) is 5.33 Å². The van der Waals surface area contributed by atoms with Crippen molar-refractivity contribution < 1.29 is 0 Å². The van der Waals surface area contributed by atoms with Crippen molar-refractivity contribution in [3.8, 4) is 0 Å². The molecule has 1 aromatic carbocycles. The van der Waals surface area contributed by atoms with E-state index in [4.69, 9.17) is 5.53 Å². The van der Waals surface area contributed by atoms with Crippen molar-refractivity contribution in [1.82, 2.24) is 0 Å². The third-order valence-corrected chi connectivity index (χ3v) is 2.13. The van der Waals surface area contributed by atoms with Crippen LogP contribution in [0.15, 0.2) is 35.4 Å². The molecule has 0 bridgehead atoms. The van der Waals surface area contributed by atoms with Crippen molar-refractivity contribution in [2.45, 2.75) is 6.04 Å². The highest BCUT2D eigenvalue weighted by Crippen LogP contribution is 2.18. The first-order valence-corrected chi connectivity index (χ1v) is 4.65. The highest BCUT2D eigenvalue weighted by atomic mass is 79.9. The van der Waals surface area contributed by atoms with Gasteiger partial charge in [0, 0.05) is 10.2 Å². The number of benzene rings is 1. The van der Waals surface area contributed by atoms with Crippen LogP contribution < -0.4 is 0 Å². The van der Waals surface area contributed by atoms with Crippen LogP contribution in [0.2, 0.25) is 0 Å². The van der Waals surface area contributed by atoms with Gasteiger partial charge in [-0.25, -0.2) is 0 Å². The number of nitrogens with zero attached hydrogens (tertiary/aromatic N) is 3. The van der Waals surface area contributed by atoms with Crippen molar-refractivity contribution in [3.63, 3.8) is 0 Å². The molecule has 0 radical (unpaired) electrons.